The van der Waals surface area contributed by atoms with E-state index in [-0.39, 0.29) is 6.10 Å². The van der Waals surface area contributed by atoms with E-state index in [0.717, 1.165) is 30.8 Å². The molecule has 0 N–H and O–H groups in total. The molecule has 5 nitrogen and oxygen atoms in total. The molecule has 20 heavy (non-hydrogen) atoms. The van der Waals surface area contributed by atoms with E-state index in [1.54, 1.807) is 6.92 Å². The van der Waals surface area contributed by atoms with Crippen LogP contribution < -0.4 is 4.74 Å². The van der Waals surface area contributed by atoms with Gasteiger partial charge in [-0.3, -0.25) is 0 Å². The lowest BCUT2D eigenvalue weighted by Gasteiger charge is -2.22. The Kier molecular flexibility index (Phi) is 3.97. The zero-order valence-corrected chi connectivity index (χ0v) is 11.5. The van der Waals surface area contributed by atoms with Gasteiger partial charge in [-0.05, 0) is 43.5 Å². The zero-order chi connectivity index (χ0) is 13.8. The molecule has 1 saturated heterocycles. The molecular weight excluding hydrogens is 256 g/mol. The van der Waals surface area contributed by atoms with Crippen LogP contribution in [-0.2, 0) is 4.74 Å². The van der Waals surface area contributed by atoms with Crippen LogP contribution in [0.25, 0.3) is 11.4 Å². The van der Waals surface area contributed by atoms with Gasteiger partial charge < -0.3 is 14.0 Å². The lowest BCUT2D eigenvalue weighted by atomic mass is 10.1. The Bertz CT molecular complexity index is 545. The van der Waals surface area contributed by atoms with Crippen molar-refractivity contribution in [3.63, 3.8) is 0 Å². The third kappa shape index (κ3) is 3.17. The van der Waals surface area contributed by atoms with Crippen molar-refractivity contribution in [2.75, 3.05) is 13.2 Å². The summed E-state index contributed by atoms with van der Waals surface area (Å²) in [5.41, 5.74) is 0.920. The highest BCUT2D eigenvalue weighted by molar-refractivity contribution is 5.55. The molecule has 0 radical (unpaired) electrons. The molecule has 106 valence electrons. The number of hydrogen-bond acceptors (Lipinski definition) is 5. The Morgan fingerprint density at radius 2 is 2.10 bits per heavy atom. The van der Waals surface area contributed by atoms with Gasteiger partial charge in [0.2, 0.25) is 11.7 Å². The van der Waals surface area contributed by atoms with Crippen molar-refractivity contribution in [2.45, 2.75) is 32.3 Å². The maximum Gasteiger partial charge on any atom is 0.223 e. The highest BCUT2D eigenvalue weighted by Crippen LogP contribution is 2.21. The van der Waals surface area contributed by atoms with E-state index in [9.17, 15) is 0 Å². The Balaban J connectivity index is 1.58. The number of ether oxygens (including phenoxy) is 2. The van der Waals surface area contributed by atoms with Crippen molar-refractivity contribution in [2.24, 2.45) is 0 Å². The molecule has 1 atom stereocenters. The number of hydrogen-bond donors (Lipinski definition) is 0. The van der Waals surface area contributed by atoms with Crippen LogP contribution >= 0.6 is 0 Å². The summed E-state index contributed by atoms with van der Waals surface area (Å²) in [7, 11) is 0. The minimum atomic E-state index is 0.225. The second kappa shape index (κ2) is 6.05. The predicted molar refractivity (Wildman–Crippen MR) is 73.6 cm³/mol. The van der Waals surface area contributed by atoms with Crippen molar-refractivity contribution in [3.8, 4) is 17.1 Å². The minimum absolute atomic E-state index is 0.225. The second-order valence-electron chi connectivity index (χ2n) is 4.96. The molecule has 5 heteroatoms. The summed E-state index contributed by atoms with van der Waals surface area (Å²) in [6.07, 6.45) is 3.70. The van der Waals surface area contributed by atoms with E-state index in [0.29, 0.717) is 18.3 Å². The number of rotatable bonds is 4. The molecule has 0 unspecified atom stereocenters. The molecule has 1 aromatic heterocycles. The first kappa shape index (κ1) is 13.1. The summed E-state index contributed by atoms with van der Waals surface area (Å²) < 4.78 is 16.4. The predicted octanol–water partition coefficient (Wildman–Crippen LogP) is 2.99. The van der Waals surface area contributed by atoms with Crippen LogP contribution in [0.4, 0.5) is 0 Å². The van der Waals surface area contributed by atoms with Crippen LogP contribution in [-0.4, -0.2) is 29.5 Å². The molecule has 0 aliphatic carbocycles. The highest BCUT2D eigenvalue weighted by Gasteiger charge is 2.14. The molecule has 1 aromatic carbocycles. The van der Waals surface area contributed by atoms with Crippen molar-refractivity contribution >= 4 is 0 Å². The summed E-state index contributed by atoms with van der Waals surface area (Å²) in [6, 6.07) is 7.70. The highest BCUT2D eigenvalue weighted by atomic mass is 16.5. The third-order valence-electron chi connectivity index (χ3n) is 3.35. The van der Waals surface area contributed by atoms with Gasteiger partial charge in [0, 0.05) is 19.1 Å². The Hall–Kier alpha value is -1.88. The average Bonchev–Trinajstić information content (AvgIpc) is 2.93. The van der Waals surface area contributed by atoms with Gasteiger partial charge >= 0.3 is 0 Å². The van der Waals surface area contributed by atoms with Crippen LogP contribution in [0.1, 0.15) is 25.2 Å². The SMILES string of the molecule is Cc1nc(-c2ccc(OC[C@@H]3CCCCO3)cc2)no1. The molecule has 3 rings (SSSR count). The maximum atomic E-state index is 5.75. The van der Waals surface area contributed by atoms with Crippen LogP contribution in [0.5, 0.6) is 5.75 Å². The Morgan fingerprint density at radius 3 is 2.75 bits per heavy atom. The number of aromatic nitrogens is 2. The smallest absolute Gasteiger partial charge is 0.223 e. The van der Waals surface area contributed by atoms with Gasteiger partial charge in [-0.25, -0.2) is 0 Å². The molecule has 0 saturated carbocycles. The first-order chi connectivity index (χ1) is 9.81. The van der Waals surface area contributed by atoms with Crippen LogP contribution in [0.3, 0.4) is 0 Å². The van der Waals surface area contributed by atoms with Crippen molar-refractivity contribution in [1.29, 1.82) is 0 Å². The minimum Gasteiger partial charge on any atom is -0.491 e. The first-order valence-corrected chi connectivity index (χ1v) is 6.96. The summed E-state index contributed by atoms with van der Waals surface area (Å²) in [4.78, 5) is 4.19. The fourth-order valence-electron chi connectivity index (χ4n) is 2.24. The number of aryl methyl sites for hydroxylation is 1. The molecule has 2 heterocycles. The molecule has 2 aromatic rings. The maximum absolute atomic E-state index is 5.75. The molecular formula is C15H18N2O3. The summed E-state index contributed by atoms with van der Waals surface area (Å²) >= 11 is 0. The van der Waals surface area contributed by atoms with Gasteiger partial charge in [0.25, 0.3) is 0 Å². The molecule has 1 aliphatic rings. The Morgan fingerprint density at radius 1 is 1.25 bits per heavy atom. The first-order valence-electron chi connectivity index (χ1n) is 6.96. The van der Waals surface area contributed by atoms with Gasteiger partial charge in [-0.2, -0.15) is 4.98 Å². The Labute approximate surface area is 117 Å². The van der Waals surface area contributed by atoms with E-state index in [4.69, 9.17) is 14.0 Å². The van der Waals surface area contributed by atoms with Crippen LogP contribution in [0.2, 0.25) is 0 Å². The van der Waals surface area contributed by atoms with Crippen molar-refractivity contribution < 1.29 is 14.0 Å². The van der Waals surface area contributed by atoms with E-state index >= 15 is 0 Å². The van der Waals surface area contributed by atoms with Crippen LogP contribution in [0.15, 0.2) is 28.8 Å². The monoisotopic (exact) mass is 274 g/mol. The largest absolute Gasteiger partial charge is 0.491 e. The quantitative estimate of drug-likeness (QED) is 0.857. The third-order valence-corrected chi connectivity index (χ3v) is 3.35. The number of benzene rings is 1. The van der Waals surface area contributed by atoms with E-state index in [1.165, 1.54) is 6.42 Å². The normalized spacial score (nSPS) is 18.9. The van der Waals surface area contributed by atoms with E-state index in [1.807, 2.05) is 24.3 Å². The standard InChI is InChI=1S/C15H18N2O3/c1-11-16-15(17-20-11)12-5-7-13(8-6-12)19-10-14-4-2-3-9-18-14/h5-8,14H,2-4,9-10H2,1H3/t14-/m0/s1. The lowest BCUT2D eigenvalue weighted by molar-refractivity contribution is -0.0110. The lowest BCUT2D eigenvalue weighted by Crippen LogP contribution is -2.25. The molecule has 0 amide bonds. The van der Waals surface area contributed by atoms with Gasteiger partial charge in [-0.15, -0.1) is 0 Å². The van der Waals surface area contributed by atoms with E-state index < -0.39 is 0 Å². The van der Waals surface area contributed by atoms with Crippen LogP contribution in [0, 0.1) is 6.92 Å². The zero-order valence-electron chi connectivity index (χ0n) is 11.5. The molecule has 1 fully saturated rings. The number of nitrogens with zero attached hydrogens (tertiary/aromatic N) is 2. The summed E-state index contributed by atoms with van der Waals surface area (Å²) in [5, 5.41) is 3.89. The second-order valence-corrected chi connectivity index (χ2v) is 4.96. The van der Waals surface area contributed by atoms with Gasteiger partial charge in [0.05, 0.1) is 6.10 Å². The molecule has 1 aliphatic heterocycles. The van der Waals surface area contributed by atoms with Gasteiger partial charge in [-0.1, -0.05) is 5.16 Å². The molecule has 0 spiro atoms. The fourth-order valence-corrected chi connectivity index (χ4v) is 2.24. The van der Waals surface area contributed by atoms with Gasteiger partial charge in [0.1, 0.15) is 12.4 Å². The summed E-state index contributed by atoms with van der Waals surface area (Å²) in [5.74, 6) is 2.00. The van der Waals surface area contributed by atoms with E-state index in [2.05, 4.69) is 10.1 Å². The molecule has 0 bridgehead atoms. The summed E-state index contributed by atoms with van der Waals surface area (Å²) in [6.45, 7) is 3.24. The van der Waals surface area contributed by atoms with Crippen molar-refractivity contribution in [1.82, 2.24) is 10.1 Å². The topological polar surface area (TPSA) is 57.4 Å². The van der Waals surface area contributed by atoms with Gasteiger partial charge in [0.15, 0.2) is 0 Å². The van der Waals surface area contributed by atoms with Crippen molar-refractivity contribution in [3.05, 3.63) is 30.2 Å². The fraction of sp³-hybridized carbons (Fsp3) is 0.467. The average molecular weight is 274 g/mol.